The highest BCUT2D eigenvalue weighted by Crippen LogP contribution is 2.54. The maximum absolute atomic E-state index is 12.3. The second kappa shape index (κ2) is 10.1. The lowest BCUT2D eigenvalue weighted by atomic mass is 9.83. The lowest BCUT2D eigenvalue weighted by Gasteiger charge is -2.38. The van der Waals surface area contributed by atoms with Gasteiger partial charge < -0.3 is 14.6 Å². The number of hydrogen-bond acceptors (Lipinski definition) is 5. The first-order valence-corrected chi connectivity index (χ1v) is 13.2. The Morgan fingerprint density at radius 1 is 0.784 bits per heavy atom. The molecule has 0 aliphatic carbocycles. The van der Waals surface area contributed by atoms with E-state index in [1.54, 1.807) is 0 Å². The average Bonchev–Trinajstić information content (AvgIpc) is 3.30. The highest BCUT2D eigenvalue weighted by atomic mass is 16.7. The van der Waals surface area contributed by atoms with Gasteiger partial charge in [-0.25, -0.2) is 4.99 Å². The van der Waals surface area contributed by atoms with Crippen molar-refractivity contribution in [2.45, 2.75) is 76.1 Å². The van der Waals surface area contributed by atoms with E-state index in [9.17, 15) is 5.11 Å². The van der Waals surface area contributed by atoms with E-state index >= 15 is 0 Å². The number of rotatable bonds is 10. The standard InChI is InChI=1S/C32H38N2O3/c1-30(2)23-36-29(33-30)32(31(3,4)37-32)28(35)27(20-24-14-8-5-9-15-24)34(21-25-16-10-6-11-17-25)22-26-18-12-7-13-19-26/h5-19,27-28,35H,20-23H2,1-4H3/t27-,28+,32-/m0/s1. The lowest BCUT2D eigenvalue weighted by molar-refractivity contribution is 0.00150. The number of aliphatic imine (C=N–C) groups is 1. The summed E-state index contributed by atoms with van der Waals surface area (Å²) >= 11 is 0. The van der Waals surface area contributed by atoms with E-state index in [1.165, 1.54) is 16.7 Å². The topological polar surface area (TPSA) is 57.6 Å². The fourth-order valence-electron chi connectivity index (χ4n) is 5.49. The number of hydrogen-bond donors (Lipinski definition) is 1. The molecule has 5 nitrogen and oxygen atoms in total. The minimum absolute atomic E-state index is 0.250. The van der Waals surface area contributed by atoms with Crippen molar-refractivity contribution in [1.29, 1.82) is 0 Å². The van der Waals surface area contributed by atoms with E-state index in [0.29, 0.717) is 32.0 Å². The molecule has 0 saturated carbocycles. The Hall–Kier alpha value is -2.99. The Balaban J connectivity index is 1.56. The number of benzene rings is 3. The molecule has 194 valence electrons. The van der Waals surface area contributed by atoms with Crippen LogP contribution in [0.1, 0.15) is 44.4 Å². The van der Waals surface area contributed by atoms with Crippen molar-refractivity contribution in [3.8, 4) is 0 Å². The zero-order valence-corrected chi connectivity index (χ0v) is 22.3. The van der Waals surface area contributed by atoms with Gasteiger partial charge in [0, 0.05) is 19.1 Å². The molecule has 1 fully saturated rings. The predicted molar refractivity (Wildman–Crippen MR) is 147 cm³/mol. The van der Waals surface area contributed by atoms with Crippen molar-refractivity contribution < 1.29 is 14.6 Å². The SMILES string of the molecule is CC1(C)COC([C@]2([C@H](O)[C@H](Cc3ccccc3)N(Cc3ccccc3)Cc3ccccc3)OC2(C)C)=N1. The van der Waals surface area contributed by atoms with Gasteiger partial charge in [0.2, 0.25) is 5.90 Å². The second-order valence-corrected chi connectivity index (χ2v) is 11.4. The van der Waals surface area contributed by atoms with Gasteiger partial charge in [0.15, 0.2) is 5.60 Å². The first-order chi connectivity index (χ1) is 17.7. The number of nitrogens with zero attached hydrogens (tertiary/aromatic N) is 2. The summed E-state index contributed by atoms with van der Waals surface area (Å²) in [6.07, 6.45) is -0.192. The molecule has 1 saturated heterocycles. The smallest absolute Gasteiger partial charge is 0.223 e. The van der Waals surface area contributed by atoms with Gasteiger partial charge in [-0.05, 0) is 50.8 Å². The molecule has 3 atom stereocenters. The van der Waals surface area contributed by atoms with Crippen LogP contribution in [0.4, 0.5) is 0 Å². The molecule has 0 amide bonds. The molecule has 0 unspecified atom stereocenters. The van der Waals surface area contributed by atoms with E-state index in [4.69, 9.17) is 14.5 Å². The monoisotopic (exact) mass is 498 g/mol. The Bertz CT molecular complexity index is 1170. The van der Waals surface area contributed by atoms with Crippen LogP contribution in [0.15, 0.2) is 96.0 Å². The zero-order valence-electron chi connectivity index (χ0n) is 22.3. The fourth-order valence-corrected chi connectivity index (χ4v) is 5.49. The molecule has 0 spiro atoms. The highest BCUT2D eigenvalue weighted by Gasteiger charge is 2.74. The van der Waals surface area contributed by atoms with Crippen LogP contribution in [0.3, 0.4) is 0 Å². The van der Waals surface area contributed by atoms with E-state index in [2.05, 4.69) is 77.7 Å². The Labute approximate surface area is 220 Å². The van der Waals surface area contributed by atoms with Crippen LogP contribution in [0.5, 0.6) is 0 Å². The number of aliphatic hydroxyl groups excluding tert-OH is 1. The normalized spacial score (nSPS) is 23.2. The molecule has 1 N–H and O–H groups in total. The molecule has 2 aliphatic heterocycles. The lowest BCUT2D eigenvalue weighted by Crippen LogP contribution is -2.55. The van der Waals surface area contributed by atoms with Crippen molar-refractivity contribution >= 4 is 5.90 Å². The summed E-state index contributed by atoms with van der Waals surface area (Å²) in [5, 5.41) is 12.3. The van der Waals surface area contributed by atoms with E-state index in [1.807, 2.05) is 45.9 Å². The summed E-state index contributed by atoms with van der Waals surface area (Å²) in [5.74, 6) is 0.521. The minimum Gasteiger partial charge on any atom is -0.476 e. The van der Waals surface area contributed by atoms with Crippen molar-refractivity contribution in [3.63, 3.8) is 0 Å². The molecule has 0 radical (unpaired) electrons. The number of aliphatic hydroxyl groups is 1. The van der Waals surface area contributed by atoms with Crippen LogP contribution < -0.4 is 0 Å². The second-order valence-electron chi connectivity index (χ2n) is 11.4. The van der Waals surface area contributed by atoms with Crippen LogP contribution in [-0.2, 0) is 29.0 Å². The molecule has 5 heteroatoms. The molecule has 3 aromatic carbocycles. The van der Waals surface area contributed by atoms with E-state index < -0.39 is 17.3 Å². The summed E-state index contributed by atoms with van der Waals surface area (Å²) in [7, 11) is 0. The van der Waals surface area contributed by atoms with Crippen LogP contribution in [0.2, 0.25) is 0 Å². The Morgan fingerprint density at radius 2 is 1.24 bits per heavy atom. The van der Waals surface area contributed by atoms with Gasteiger partial charge in [0.25, 0.3) is 0 Å². The first kappa shape index (κ1) is 25.7. The molecule has 0 aromatic heterocycles. The molecule has 5 rings (SSSR count). The third-order valence-corrected chi connectivity index (χ3v) is 7.55. The molecule has 2 heterocycles. The molecular weight excluding hydrogens is 460 g/mol. The van der Waals surface area contributed by atoms with Crippen molar-refractivity contribution in [1.82, 2.24) is 4.90 Å². The van der Waals surface area contributed by atoms with Crippen molar-refractivity contribution in [2.24, 2.45) is 4.99 Å². The zero-order chi connectivity index (χ0) is 26.1. The van der Waals surface area contributed by atoms with Gasteiger partial charge in [-0.15, -0.1) is 0 Å². The quantitative estimate of drug-likeness (QED) is 0.380. The van der Waals surface area contributed by atoms with Crippen molar-refractivity contribution in [3.05, 3.63) is 108 Å². The molecule has 2 aliphatic rings. The summed E-state index contributed by atoms with van der Waals surface area (Å²) in [4.78, 5) is 7.26. The van der Waals surface area contributed by atoms with Gasteiger partial charge in [-0.2, -0.15) is 0 Å². The van der Waals surface area contributed by atoms with E-state index in [0.717, 1.165) is 0 Å². The average molecular weight is 499 g/mol. The summed E-state index contributed by atoms with van der Waals surface area (Å²) in [6.45, 7) is 10.0. The molecule has 37 heavy (non-hydrogen) atoms. The third kappa shape index (κ3) is 5.35. The summed E-state index contributed by atoms with van der Waals surface area (Å²) in [5.41, 5.74) is 1.64. The third-order valence-electron chi connectivity index (χ3n) is 7.55. The highest BCUT2D eigenvalue weighted by molar-refractivity contribution is 5.92. The molecule has 0 bridgehead atoms. The molecular formula is C32H38N2O3. The van der Waals surface area contributed by atoms with Crippen LogP contribution >= 0.6 is 0 Å². The van der Waals surface area contributed by atoms with Gasteiger partial charge >= 0.3 is 0 Å². The number of ether oxygens (including phenoxy) is 2. The van der Waals surface area contributed by atoms with Gasteiger partial charge in [-0.1, -0.05) is 91.0 Å². The Morgan fingerprint density at radius 3 is 1.65 bits per heavy atom. The fraction of sp³-hybridized carbons (Fsp3) is 0.406. The van der Waals surface area contributed by atoms with Gasteiger partial charge in [0.1, 0.15) is 18.3 Å². The first-order valence-electron chi connectivity index (χ1n) is 13.2. The summed E-state index contributed by atoms with van der Waals surface area (Å²) < 4.78 is 12.5. The Kier molecular flexibility index (Phi) is 6.97. The van der Waals surface area contributed by atoms with Crippen LogP contribution in [-0.4, -0.2) is 51.4 Å². The summed E-state index contributed by atoms with van der Waals surface area (Å²) in [6, 6.07) is 31.0. The molecule has 3 aromatic rings. The van der Waals surface area contributed by atoms with Gasteiger partial charge in [-0.3, -0.25) is 4.90 Å². The van der Waals surface area contributed by atoms with Crippen molar-refractivity contribution in [2.75, 3.05) is 6.61 Å². The van der Waals surface area contributed by atoms with Gasteiger partial charge in [0.05, 0.1) is 5.54 Å². The maximum atomic E-state index is 12.3. The van der Waals surface area contributed by atoms with Crippen LogP contribution in [0, 0.1) is 0 Å². The maximum Gasteiger partial charge on any atom is 0.223 e. The predicted octanol–water partition coefficient (Wildman–Crippen LogP) is 5.42. The largest absolute Gasteiger partial charge is 0.476 e. The van der Waals surface area contributed by atoms with Crippen LogP contribution in [0.25, 0.3) is 0 Å². The minimum atomic E-state index is -0.994. The van der Waals surface area contributed by atoms with E-state index in [-0.39, 0.29) is 11.6 Å². The number of epoxide rings is 1.